The molecule has 0 spiro atoms. The van der Waals surface area contributed by atoms with E-state index in [1.807, 2.05) is 12.1 Å². The zero-order valence-electron chi connectivity index (χ0n) is 9.90. The van der Waals surface area contributed by atoms with Crippen molar-refractivity contribution in [3.63, 3.8) is 0 Å². The van der Waals surface area contributed by atoms with Crippen LogP contribution in [0.25, 0.3) is 10.1 Å². The zero-order chi connectivity index (χ0) is 12.4. The highest BCUT2D eigenvalue weighted by Crippen LogP contribution is 2.31. The lowest BCUT2D eigenvalue weighted by Gasteiger charge is -2.08. The molecule has 2 aromatic rings. The van der Waals surface area contributed by atoms with Gasteiger partial charge in [0.15, 0.2) is 0 Å². The predicted molar refractivity (Wildman–Crippen MR) is 70.3 cm³/mol. The molecule has 1 aromatic heterocycles. The molecule has 2 rings (SSSR count). The molecule has 0 aliphatic heterocycles. The molecule has 0 fully saturated rings. The monoisotopic (exact) mass is 249 g/mol. The van der Waals surface area contributed by atoms with Gasteiger partial charge >= 0.3 is 5.97 Å². The number of hydrogen-bond donors (Lipinski definition) is 1. The van der Waals surface area contributed by atoms with Crippen molar-refractivity contribution in [2.45, 2.75) is 19.4 Å². The lowest BCUT2D eigenvalue weighted by molar-refractivity contribution is -0.142. The summed E-state index contributed by atoms with van der Waals surface area (Å²) >= 11 is 1.69. The molecule has 4 heteroatoms. The number of carbonyl (C=O) groups is 1. The van der Waals surface area contributed by atoms with E-state index >= 15 is 0 Å². The SMILES string of the molecule is COC(=O)C(N)Cc1sc2ccccc2c1C. The van der Waals surface area contributed by atoms with Gasteiger partial charge in [-0.05, 0) is 23.9 Å². The Labute approximate surface area is 104 Å². The van der Waals surface area contributed by atoms with E-state index in [0.717, 1.165) is 4.88 Å². The van der Waals surface area contributed by atoms with Crippen LogP contribution in [0.1, 0.15) is 10.4 Å². The summed E-state index contributed by atoms with van der Waals surface area (Å²) in [6.45, 7) is 2.07. The van der Waals surface area contributed by atoms with Crippen LogP contribution in [0.4, 0.5) is 0 Å². The van der Waals surface area contributed by atoms with Crippen LogP contribution in [0.2, 0.25) is 0 Å². The summed E-state index contributed by atoms with van der Waals surface area (Å²) in [5, 5.41) is 1.24. The fourth-order valence-electron chi connectivity index (χ4n) is 1.85. The number of thiophene rings is 1. The molecule has 3 nitrogen and oxygen atoms in total. The van der Waals surface area contributed by atoms with Gasteiger partial charge in [0.1, 0.15) is 6.04 Å². The Bertz CT molecular complexity index is 547. The van der Waals surface area contributed by atoms with Crippen LogP contribution in [-0.4, -0.2) is 19.1 Å². The molecule has 0 bridgehead atoms. The Morgan fingerprint density at radius 1 is 1.47 bits per heavy atom. The second kappa shape index (κ2) is 4.85. The standard InChI is InChI=1S/C13H15NO2S/c1-8-9-5-3-4-6-11(9)17-12(8)7-10(14)13(15)16-2/h3-6,10H,7,14H2,1-2H3. The van der Waals surface area contributed by atoms with E-state index in [2.05, 4.69) is 23.8 Å². The summed E-state index contributed by atoms with van der Waals surface area (Å²) in [6.07, 6.45) is 0.540. The number of nitrogens with two attached hydrogens (primary N) is 1. The van der Waals surface area contributed by atoms with E-state index in [1.54, 1.807) is 11.3 Å². The minimum Gasteiger partial charge on any atom is -0.468 e. The molecule has 0 amide bonds. The van der Waals surface area contributed by atoms with Gasteiger partial charge in [-0.15, -0.1) is 11.3 Å². The lowest BCUT2D eigenvalue weighted by atomic mass is 10.1. The number of fused-ring (bicyclic) bond motifs is 1. The highest BCUT2D eigenvalue weighted by molar-refractivity contribution is 7.19. The van der Waals surface area contributed by atoms with E-state index in [9.17, 15) is 4.79 Å². The van der Waals surface area contributed by atoms with Gasteiger partial charge in [-0.3, -0.25) is 4.79 Å². The number of ether oxygens (including phenoxy) is 1. The Balaban J connectivity index is 2.30. The number of benzene rings is 1. The van der Waals surface area contributed by atoms with E-state index in [1.165, 1.54) is 22.8 Å². The van der Waals surface area contributed by atoms with Crippen LogP contribution in [0, 0.1) is 6.92 Å². The van der Waals surface area contributed by atoms with E-state index in [4.69, 9.17) is 5.73 Å². The van der Waals surface area contributed by atoms with Crippen molar-refractivity contribution in [1.82, 2.24) is 0 Å². The molecular weight excluding hydrogens is 234 g/mol. The third kappa shape index (κ3) is 2.33. The fourth-order valence-corrected chi connectivity index (χ4v) is 3.12. The maximum atomic E-state index is 11.3. The maximum Gasteiger partial charge on any atom is 0.323 e. The van der Waals surface area contributed by atoms with Gasteiger partial charge in [0.25, 0.3) is 0 Å². The molecule has 0 saturated carbocycles. The molecule has 17 heavy (non-hydrogen) atoms. The Morgan fingerprint density at radius 3 is 2.82 bits per heavy atom. The van der Waals surface area contributed by atoms with Crippen LogP contribution in [-0.2, 0) is 16.0 Å². The molecular formula is C13H15NO2S. The van der Waals surface area contributed by atoms with Crippen LogP contribution < -0.4 is 5.73 Å². The largest absolute Gasteiger partial charge is 0.468 e. The number of aryl methyl sites for hydroxylation is 1. The quantitative estimate of drug-likeness (QED) is 0.849. The third-order valence-electron chi connectivity index (χ3n) is 2.85. The first-order valence-electron chi connectivity index (χ1n) is 5.44. The van der Waals surface area contributed by atoms with Gasteiger partial charge in [-0.1, -0.05) is 18.2 Å². The molecule has 90 valence electrons. The first-order chi connectivity index (χ1) is 8.13. The average molecular weight is 249 g/mol. The van der Waals surface area contributed by atoms with Crippen molar-refractivity contribution >= 4 is 27.4 Å². The van der Waals surface area contributed by atoms with Crippen LogP contribution in [0.5, 0.6) is 0 Å². The van der Waals surface area contributed by atoms with Crippen molar-refractivity contribution in [3.05, 3.63) is 34.7 Å². The number of methoxy groups -OCH3 is 1. The molecule has 1 aromatic carbocycles. The fraction of sp³-hybridized carbons (Fsp3) is 0.308. The molecule has 0 saturated heterocycles. The summed E-state index contributed by atoms with van der Waals surface area (Å²) in [7, 11) is 1.36. The van der Waals surface area contributed by atoms with Gasteiger partial charge in [-0.2, -0.15) is 0 Å². The van der Waals surface area contributed by atoms with Crippen molar-refractivity contribution in [2.75, 3.05) is 7.11 Å². The second-order valence-corrected chi connectivity index (χ2v) is 5.12. The molecule has 1 unspecified atom stereocenters. The number of hydrogen-bond acceptors (Lipinski definition) is 4. The summed E-state index contributed by atoms with van der Waals surface area (Å²) in [6, 6.07) is 7.63. The smallest absolute Gasteiger partial charge is 0.323 e. The van der Waals surface area contributed by atoms with Gasteiger partial charge in [0.2, 0.25) is 0 Å². The van der Waals surface area contributed by atoms with Gasteiger partial charge in [0, 0.05) is 16.0 Å². The summed E-state index contributed by atoms with van der Waals surface area (Å²) in [5.41, 5.74) is 7.00. The van der Waals surface area contributed by atoms with Gasteiger partial charge < -0.3 is 10.5 Å². The maximum absolute atomic E-state index is 11.3. The number of carbonyl (C=O) groups excluding carboxylic acids is 1. The first-order valence-corrected chi connectivity index (χ1v) is 6.25. The zero-order valence-corrected chi connectivity index (χ0v) is 10.7. The van der Waals surface area contributed by atoms with Crippen molar-refractivity contribution < 1.29 is 9.53 Å². The second-order valence-electron chi connectivity index (χ2n) is 3.98. The van der Waals surface area contributed by atoms with Crippen molar-refractivity contribution in [2.24, 2.45) is 5.73 Å². The molecule has 0 radical (unpaired) electrons. The van der Waals surface area contributed by atoms with Gasteiger partial charge in [0.05, 0.1) is 7.11 Å². The normalized spacial score (nSPS) is 12.6. The average Bonchev–Trinajstić information content (AvgIpc) is 2.66. The first kappa shape index (κ1) is 12.1. The molecule has 1 atom stereocenters. The molecule has 0 aliphatic rings. The van der Waals surface area contributed by atoms with Crippen molar-refractivity contribution in [1.29, 1.82) is 0 Å². The summed E-state index contributed by atoms with van der Waals surface area (Å²) in [4.78, 5) is 12.5. The highest BCUT2D eigenvalue weighted by atomic mass is 32.1. The lowest BCUT2D eigenvalue weighted by Crippen LogP contribution is -2.33. The van der Waals surface area contributed by atoms with Crippen molar-refractivity contribution in [3.8, 4) is 0 Å². The molecule has 2 N–H and O–H groups in total. The molecule has 1 heterocycles. The summed E-state index contributed by atoms with van der Waals surface area (Å²) < 4.78 is 5.87. The van der Waals surface area contributed by atoms with Crippen LogP contribution >= 0.6 is 11.3 Å². The Hall–Kier alpha value is -1.39. The Morgan fingerprint density at radius 2 is 2.18 bits per heavy atom. The summed E-state index contributed by atoms with van der Waals surface area (Å²) in [5.74, 6) is -0.359. The van der Waals surface area contributed by atoms with E-state index in [0.29, 0.717) is 6.42 Å². The topological polar surface area (TPSA) is 52.3 Å². The number of rotatable bonds is 3. The molecule has 0 aliphatic carbocycles. The predicted octanol–water partition coefficient (Wildman–Crippen LogP) is 2.25. The van der Waals surface area contributed by atoms with Gasteiger partial charge in [-0.25, -0.2) is 0 Å². The Kier molecular flexibility index (Phi) is 3.45. The van der Waals surface area contributed by atoms with Crippen LogP contribution in [0.3, 0.4) is 0 Å². The highest BCUT2D eigenvalue weighted by Gasteiger charge is 2.17. The van der Waals surface area contributed by atoms with E-state index in [-0.39, 0.29) is 5.97 Å². The number of esters is 1. The minimum atomic E-state index is -0.577. The van der Waals surface area contributed by atoms with E-state index < -0.39 is 6.04 Å². The third-order valence-corrected chi connectivity index (χ3v) is 4.15. The minimum absolute atomic E-state index is 0.359. The van der Waals surface area contributed by atoms with Crippen LogP contribution in [0.15, 0.2) is 24.3 Å².